The molecular weight excluding hydrogens is 308 g/mol. The van der Waals surface area contributed by atoms with E-state index in [0.717, 1.165) is 11.3 Å². The summed E-state index contributed by atoms with van der Waals surface area (Å²) in [5, 5.41) is 11.7. The molecule has 2 aromatic carbocycles. The molecule has 0 radical (unpaired) electrons. The molecule has 0 saturated heterocycles. The highest BCUT2D eigenvalue weighted by molar-refractivity contribution is 7.99. The van der Waals surface area contributed by atoms with Crippen LogP contribution in [-0.2, 0) is 10.5 Å². The molecule has 0 bridgehead atoms. The number of hydrogen-bond donors (Lipinski definition) is 1. The fraction of sp³-hybridized carbons (Fsp3) is 0.222. The number of rotatable bonds is 6. The predicted octanol–water partition coefficient (Wildman–Crippen LogP) is 3.75. The number of amides is 1. The lowest BCUT2D eigenvalue weighted by Crippen LogP contribution is -2.14. The van der Waals surface area contributed by atoms with Gasteiger partial charge in [0.25, 0.3) is 0 Å². The highest BCUT2D eigenvalue weighted by atomic mass is 32.2. The van der Waals surface area contributed by atoms with Crippen LogP contribution in [0.4, 0.5) is 5.69 Å². The van der Waals surface area contributed by atoms with Gasteiger partial charge in [0.15, 0.2) is 0 Å². The molecule has 0 unspecified atom stereocenters. The van der Waals surface area contributed by atoms with Crippen molar-refractivity contribution in [2.24, 2.45) is 0 Å². The Bertz CT molecular complexity index is 738. The highest BCUT2D eigenvalue weighted by Crippen LogP contribution is 2.24. The van der Waals surface area contributed by atoms with Crippen LogP contribution in [0.15, 0.2) is 42.5 Å². The van der Waals surface area contributed by atoms with Crippen LogP contribution < -0.4 is 10.1 Å². The van der Waals surface area contributed by atoms with Gasteiger partial charge in [-0.25, -0.2) is 0 Å². The Balaban J connectivity index is 1.88. The second kappa shape index (κ2) is 8.25. The molecule has 2 aromatic rings. The summed E-state index contributed by atoms with van der Waals surface area (Å²) in [6.07, 6.45) is 0. The van der Waals surface area contributed by atoms with Gasteiger partial charge in [0.05, 0.1) is 24.5 Å². The molecule has 0 atom stereocenters. The monoisotopic (exact) mass is 326 g/mol. The molecule has 0 saturated carbocycles. The molecule has 118 valence electrons. The number of carbonyl (C=O) groups is 1. The first-order valence-electron chi connectivity index (χ1n) is 7.13. The van der Waals surface area contributed by atoms with Crippen LogP contribution in [-0.4, -0.2) is 18.8 Å². The van der Waals surface area contributed by atoms with Crippen molar-refractivity contribution in [3.63, 3.8) is 0 Å². The number of nitriles is 1. The Morgan fingerprint density at radius 1 is 1.30 bits per heavy atom. The van der Waals surface area contributed by atoms with Gasteiger partial charge in [0.2, 0.25) is 5.91 Å². The number of benzene rings is 2. The first-order valence-corrected chi connectivity index (χ1v) is 8.29. The van der Waals surface area contributed by atoms with Crippen LogP contribution in [0.3, 0.4) is 0 Å². The van der Waals surface area contributed by atoms with E-state index in [9.17, 15) is 4.79 Å². The summed E-state index contributed by atoms with van der Waals surface area (Å²) >= 11 is 1.52. The standard InChI is InChI=1S/C18H18N2O2S/c1-13-6-7-17(22-2)15(8-13)11-23-12-18(21)20-16-5-3-4-14(9-16)10-19/h3-9H,11-12H2,1-2H3,(H,20,21). The summed E-state index contributed by atoms with van der Waals surface area (Å²) in [4.78, 5) is 12.0. The number of hydrogen-bond acceptors (Lipinski definition) is 4. The van der Waals surface area contributed by atoms with Crippen molar-refractivity contribution in [2.75, 3.05) is 18.2 Å². The summed E-state index contributed by atoms with van der Waals surface area (Å²) in [5.74, 6) is 1.80. The number of thioether (sulfide) groups is 1. The molecule has 0 spiro atoms. The van der Waals surface area contributed by atoms with Crippen molar-refractivity contribution >= 4 is 23.4 Å². The molecule has 0 aliphatic heterocycles. The van der Waals surface area contributed by atoms with E-state index in [1.165, 1.54) is 17.3 Å². The molecule has 0 aromatic heterocycles. The topological polar surface area (TPSA) is 62.1 Å². The minimum atomic E-state index is -0.0864. The van der Waals surface area contributed by atoms with E-state index < -0.39 is 0 Å². The number of aryl methyl sites for hydroxylation is 1. The number of ether oxygens (including phenoxy) is 1. The lowest BCUT2D eigenvalue weighted by Gasteiger charge is -2.09. The first kappa shape index (κ1) is 16.9. The number of nitrogens with zero attached hydrogens (tertiary/aromatic N) is 1. The SMILES string of the molecule is COc1ccc(C)cc1CSCC(=O)Nc1cccc(C#N)c1. The highest BCUT2D eigenvalue weighted by Gasteiger charge is 2.07. The zero-order chi connectivity index (χ0) is 16.7. The van der Waals surface area contributed by atoms with E-state index in [-0.39, 0.29) is 5.91 Å². The Morgan fingerprint density at radius 2 is 2.13 bits per heavy atom. The van der Waals surface area contributed by atoms with Gasteiger partial charge in [-0.1, -0.05) is 23.8 Å². The summed E-state index contributed by atoms with van der Waals surface area (Å²) in [6, 6.07) is 14.9. The zero-order valence-electron chi connectivity index (χ0n) is 13.1. The molecule has 2 rings (SSSR count). The van der Waals surface area contributed by atoms with Gasteiger partial charge >= 0.3 is 0 Å². The molecule has 5 heteroatoms. The molecule has 4 nitrogen and oxygen atoms in total. The van der Waals surface area contributed by atoms with E-state index in [4.69, 9.17) is 10.00 Å². The van der Waals surface area contributed by atoms with Gasteiger partial charge < -0.3 is 10.1 Å². The number of carbonyl (C=O) groups excluding carboxylic acids is 1. The van der Waals surface area contributed by atoms with Crippen LogP contribution in [0, 0.1) is 18.3 Å². The lowest BCUT2D eigenvalue weighted by molar-refractivity contribution is -0.113. The fourth-order valence-electron chi connectivity index (χ4n) is 2.14. The van der Waals surface area contributed by atoms with Crippen molar-refractivity contribution in [1.82, 2.24) is 0 Å². The molecule has 0 aliphatic carbocycles. The van der Waals surface area contributed by atoms with Crippen molar-refractivity contribution in [1.29, 1.82) is 5.26 Å². The van der Waals surface area contributed by atoms with E-state index in [1.54, 1.807) is 31.4 Å². The average Bonchev–Trinajstić information content (AvgIpc) is 2.55. The van der Waals surface area contributed by atoms with Gasteiger partial charge in [0.1, 0.15) is 5.75 Å². The first-order chi connectivity index (χ1) is 11.1. The van der Waals surface area contributed by atoms with Gasteiger partial charge in [-0.2, -0.15) is 5.26 Å². The van der Waals surface area contributed by atoms with Crippen LogP contribution in [0.5, 0.6) is 5.75 Å². The number of anilines is 1. The molecule has 1 N–H and O–H groups in total. The second-order valence-corrected chi connectivity index (χ2v) is 6.03. The van der Waals surface area contributed by atoms with Crippen LogP contribution >= 0.6 is 11.8 Å². The normalized spacial score (nSPS) is 9.96. The van der Waals surface area contributed by atoms with Crippen LogP contribution in [0.25, 0.3) is 0 Å². The molecule has 0 fully saturated rings. The summed E-state index contributed by atoms with van der Waals surface area (Å²) in [6.45, 7) is 2.03. The van der Waals surface area contributed by atoms with Gasteiger partial charge in [-0.05, 0) is 31.2 Å². The predicted molar refractivity (Wildman–Crippen MR) is 93.7 cm³/mol. The van der Waals surface area contributed by atoms with Gasteiger partial charge in [-0.15, -0.1) is 11.8 Å². The van der Waals surface area contributed by atoms with Crippen LogP contribution in [0.2, 0.25) is 0 Å². The van der Waals surface area contributed by atoms with Crippen molar-refractivity contribution in [3.8, 4) is 11.8 Å². The minimum Gasteiger partial charge on any atom is -0.496 e. The van der Waals surface area contributed by atoms with E-state index in [2.05, 4.69) is 17.5 Å². The molecule has 23 heavy (non-hydrogen) atoms. The average molecular weight is 326 g/mol. The van der Waals surface area contributed by atoms with E-state index in [1.807, 2.05) is 19.1 Å². The lowest BCUT2D eigenvalue weighted by atomic mass is 10.1. The third-order valence-corrected chi connectivity index (χ3v) is 4.18. The van der Waals surface area contributed by atoms with Crippen molar-refractivity contribution < 1.29 is 9.53 Å². The van der Waals surface area contributed by atoms with E-state index >= 15 is 0 Å². The Kier molecular flexibility index (Phi) is 6.07. The van der Waals surface area contributed by atoms with Crippen LogP contribution in [0.1, 0.15) is 16.7 Å². The Hall–Kier alpha value is -2.45. The maximum Gasteiger partial charge on any atom is 0.234 e. The third kappa shape index (κ3) is 5.04. The molecular formula is C18H18N2O2S. The maximum atomic E-state index is 12.0. The maximum absolute atomic E-state index is 12.0. The Morgan fingerprint density at radius 3 is 2.87 bits per heavy atom. The zero-order valence-corrected chi connectivity index (χ0v) is 13.9. The van der Waals surface area contributed by atoms with Gasteiger partial charge in [-0.3, -0.25) is 4.79 Å². The smallest absolute Gasteiger partial charge is 0.234 e. The van der Waals surface area contributed by atoms with Crippen molar-refractivity contribution in [2.45, 2.75) is 12.7 Å². The second-order valence-electron chi connectivity index (χ2n) is 5.05. The van der Waals surface area contributed by atoms with E-state index in [0.29, 0.717) is 22.8 Å². The third-order valence-electron chi connectivity index (χ3n) is 3.20. The largest absolute Gasteiger partial charge is 0.496 e. The molecule has 0 heterocycles. The molecule has 0 aliphatic rings. The molecule has 1 amide bonds. The number of methoxy groups -OCH3 is 1. The summed E-state index contributed by atoms with van der Waals surface area (Å²) in [5.41, 5.74) is 3.42. The summed E-state index contributed by atoms with van der Waals surface area (Å²) in [7, 11) is 1.65. The Labute approximate surface area is 140 Å². The quantitative estimate of drug-likeness (QED) is 0.878. The minimum absolute atomic E-state index is 0.0864. The van der Waals surface area contributed by atoms with Gasteiger partial charge in [0, 0.05) is 17.0 Å². The van der Waals surface area contributed by atoms with Crippen molar-refractivity contribution in [3.05, 3.63) is 59.2 Å². The number of nitrogens with one attached hydrogen (secondary N) is 1. The fourth-order valence-corrected chi connectivity index (χ4v) is 2.94. The summed E-state index contributed by atoms with van der Waals surface area (Å²) < 4.78 is 5.33.